The number of hydrogen-bond acceptors (Lipinski definition) is 3. The van der Waals surface area contributed by atoms with E-state index >= 15 is 0 Å². The van der Waals surface area contributed by atoms with E-state index in [9.17, 15) is 4.79 Å². The Kier molecular flexibility index (Phi) is 4.30. The summed E-state index contributed by atoms with van der Waals surface area (Å²) < 4.78 is 5.15. The lowest BCUT2D eigenvalue weighted by Crippen LogP contribution is -2.31. The molecule has 0 unspecified atom stereocenters. The van der Waals surface area contributed by atoms with Crippen molar-refractivity contribution in [3.63, 3.8) is 0 Å². The van der Waals surface area contributed by atoms with E-state index in [0.29, 0.717) is 22.9 Å². The van der Waals surface area contributed by atoms with Crippen LogP contribution in [0.5, 0.6) is 5.75 Å². The summed E-state index contributed by atoms with van der Waals surface area (Å²) in [6.45, 7) is 0.839. The van der Waals surface area contributed by atoms with Gasteiger partial charge < -0.3 is 15.4 Å². The highest BCUT2D eigenvalue weighted by molar-refractivity contribution is 5.95. The molecule has 1 amide bonds. The van der Waals surface area contributed by atoms with Gasteiger partial charge in [-0.15, -0.1) is 0 Å². The summed E-state index contributed by atoms with van der Waals surface area (Å²) in [7, 11) is 3.42. The molecule has 2 rings (SSSR count). The molecule has 1 aromatic carbocycles. The monoisotopic (exact) mass is 262 g/mol. The van der Waals surface area contributed by atoms with E-state index in [1.807, 2.05) is 7.05 Å². The van der Waals surface area contributed by atoms with Crippen LogP contribution in [-0.4, -0.2) is 31.5 Å². The highest BCUT2D eigenvalue weighted by Gasteiger charge is 2.20. The second-order valence-electron chi connectivity index (χ2n) is 5.29. The molecule has 0 atom stereocenters. The molecule has 1 aromatic rings. The minimum atomic E-state index is 0.0326. The van der Waals surface area contributed by atoms with Gasteiger partial charge >= 0.3 is 0 Å². The average Bonchev–Trinajstić information content (AvgIpc) is 2.91. The Balaban J connectivity index is 2.05. The summed E-state index contributed by atoms with van der Waals surface area (Å²) in [5, 5.41) is 0. The van der Waals surface area contributed by atoms with Gasteiger partial charge in [0.25, 0.3) is 5.91 Å². The number of nitrogen functional groups attached to an aromatic ring is 1. The molecule has 1 saturated carbocycles. The Hall–Kier alpha value is -1.71. The Labute approximate surface area is 114 Å². The average molecular weight is 262 g/mol. The molecule has 0 spiro atoms. The van der Waals surface area contributed by atoms with Gasteiger partial charge in [0, 0.05) is 19.2 Å². The number of nitrogens with zero attached hydrogens (tertiary/aromatic N) is 1. The molecule has 1 fully saturated rings. The van der Waals surface area contributed by atoms with Gasteiger partial charge in [-0.3, -0.25) is 4.79 Å². The lowest BCUT2D eigenvalue weighted by atomic mass is 10.1. The number of anilines is 1. The maximum absolute atomic E-state index is 12.3. The van der Waals surface area contributed by atoms with Crippen LogP contribution in [0, 0.1) is 5.92 Å². The quantitative estimate of drug-likeness (QED) is 0.848. The van der Waals surface area contributed by atoms with E-state index in [1.165, 1.54) is 25.7 Å². The number of methoxy groups -OCH3 is 1. The third-order valence-electron chi connectivity index (χ3n) is 3.83. The van der Waals surface area contributed by atoms with Crippen LogP contribution in [0.15, 0.2) is 18.2 Å². The zero-order valence-corrected chi connectivity index (χ0v) is 11.7. The summed E-state index contributed by atoms with van der Waals surface area (Å²) in [4.78, 5) is 14.1. The number of carbonyl (C=O) groups excluding carboxylic acids is 1. The molecule has 1 aliphatic rings. The van der Waals surface area contributed by atoms with Crippen LogP contribution < -0.4 is 10.5 Å². The van der Waals surface area contributed by atoms with Gasteiger partial charge in [-0.2, -0.15) is 0 Å². The Morgan fingerprint density at radius 2 is 2.11 bits per heavy atom. The summed E-state index contributed by atoms with van der Waals surface area (Å²) in [5.74, 6) is 1.25. The highest BCUT2D eigenvalue weighted by atomic mass is 16.5. The Morgan fingerprint density at radius 1 is 1.42 bits per heavy atom. The number of nitrogens with two attached hydrogens (primary N) is 1. The molecule has 0 aromatic heterocycles. The molecule has 0 radical (unpaired) electrons. The maximum atomic E-state index is 12.3. The van der Waals surface area contributed by atoms with Gasteiger partial charge in [-0.05, 0) is 37.0 Å². The van der Waals surface area contributed by atoms with E-state index in [0.717, 1.165) is 6.54 Å². The van der Waals surface area contributed by atoms with Crippen molar-refractivity contribution in [3.05, 3.63) is 23.8 Å². The van der Waals surface area contributed by atoms with Crippen LogP contribution in [-0.2, 0) is 0 Å². The first-order chi connectivity index (χ1) is 9.11. The van der Waals surface area contributed by atoms with E-state index < -0.39 is 0 Å². The fraction of sp³-hybridized carbons (Fsp3) is 0.533. The van der Waals surface area contributed by atoms with Gasteiger partial charge in [0.1, 0.15) is 5.75 Å². The highest BCUT2D eigenvalue weighted by Crippen LogP contribution is 2.26. The fourth-order valence-corrected chi connectivity index (χ4v) is 2.73. The molecule has 19 heavy (non-hydrogen) atoms. The first-order valence-electron chi connectivity index (χ1n) is 6.80. The van der Waals surface area contributed by atoms with Crippen molar-refractivity contribution < 1.29 is 9.53 Å². The molecular weight excluding hydrogens is 240 g/mol. The smallest absolute Gasteiger partial charge is 0.253 e. The number of rotatable bonds is 4. The SMILES string of the molecule is COc1cc(C(=O)N(C)CC2CCCC2)ccc1N. The first kappa shape index (κ1) is 13.7. The molecule has 0 aliphatic heterocycles. The number of hydrogen-bond donors (Lipinski definition) is 1. The molecule has 0 heterocycles. The molecule has 4 nitrogen and oxygen atoms in total. The standard InChI is InChI=1S/C15H22N2O2/c1-17(10-11-5-3-4-6-11)15(18)12-7-8-13(16)14(9-12)19-2/h7-9,11H,3-6,10,16H2,1-2H3. The van der Waals surface area contributed by atoms with Crippen LogP contribution in [0.25, 0.3) is 0 Å². The predicted octanol–water partition coefficient (Wildman–Crippen LogP) is 2.54. The van der Waals surface area contributed by atoms with Gasteiger partial charge in [-0.1, -0.05) is 12.8 Å². The zero-order valence-electron chi connectivity index (χ0n) is 11.7. The van der Waals surface area contributed by atoms with Crippen molar-refractivity contribution in [2.75, 3.05) is 26.4 Å². The summed E-state index contributed by atoms with van der Waals surface area (Å²) in [6.07, 6.45) is 5.07. The molecular formula is C15H22N2O2. The van der Waals surface area contributed by atoms with E-state index in [4.69, 9.17) is 10.5 Å². The zero-order chi connectivity index (χ0) is 13.8. The molecule has 4 heteroatoms. The number of ether oxygens (including phenoxy) is 1. The van der Waals surface area contributed by atoms with Crippen LogP contribution in [0.4, 0.5) is 5.69 Å². The topological polar surface area (TPSA) is 55.6 Å². The van der Waals surface area contributed by atoms with Crippen molar-refractivity contribution in [2.24, 2.45) is 5.92 Å². The third kappa shape index (κ3) is 3.19. The Morgan fingerprint density at radius 3 is 2.74 bits per heavy atom. The largest absolute Gasteiger partial charge is 0.495 e. The number of carbonyl (C=O) groups is 1. The second kappa shape index (κ2) is 5.95. The normalized spacial score (nSPS) is 15.5. The van der Waals surface area contributed by atoms with Crippen molar-refractivity contribution in [1.29, 1.82) is 0 Å². The molecule has 0 saturated heterocycles. The molecule has 1 aliphatic carbocycles. The minimum absolute atomic E-state index is 0.0326. The number of benzene rings is 1. The lowest BCUT2D eigenvalue weighted by molar-refractivity contribution is 0.0773. The first-order valence-corrected chi connectivity index (χ1v) is 6.80. The van der Waals surface area contributed by atoms with E-state index in [2.05, 4.69) is 0 Å². The molecule has 104 valence electrons. The summed E-state index contributed by atoms with van der Waals surface area (Å²) in [6, 6.07) is 5.18. The van der Waals surface area contributed by atoms with E-state index in [-0.39, 0.29) is 5.91 Å². The fourth-order valence-electron chi connectivity index (χ4n) is 2.73. The number of amides is 1. The van der Waals surface area contributed by atoms with Crippen LogP contribution in [0.1, 0.15) is 36.0 Å². The van der Waals surface area contributed by atoms with Gasteiger partial charge in [0.05, 0.1) is 12.8 Å². The van der Waals surface area contributed by atoms with Crippen molar-refractivity contribution in [3.8, 4) is 5.75 Å². The summed E-state index contributed by atoms with van der Waals surface area (Å²) in [5.41, 5.74) is 6.94. The van der Waals surface area contributed by atoms with Gasteiger partial charge in [-0.25, -0.2) is 0 Å². The third-order valence-corrected chi connectivity index (χ3v) is 3.83. The van der Waals surface area contributed by atoms with Crippen LogP contribution >= 0.6 is 0 Å². The van der Waals surface area contributed by atoms with Crippen molar-refractivity contribution in [1.82, 2.24) is 4.90 Å². The van der Waals surface area contributed by atoms with Gasteiger partial charge in [0.2, 0.25) is 0 Å². The van der Waals surface area contributed by atoms with Crippen molar-refractivity contribution in [2.45, 2.75) is 25.7 Å². The second-order valence-corrected chi connectivity index (χ2v) is 5.29. The van der Waals surface area contributed by atoms with Crippen LogP contribution in [0.2, 0.25) is 0 Å². The maximum Gasteiger partial charge on any atom is 0.253 e. The van der Waals surface area contributed by atoms with Gasteiger partial charge in [0.15, 0.2) is 0 Å². The molecule has 2 N–H and O–H groups in total. The van der Waals surface area contributed by atoms with Crippen LogP contribution in [0.3, 0.4) is 0 Å². The lowest BCUT2D eigenvalue weighted by Gasteiger charge is -2.21. The van der Waals surface area contributed by atoms with E-state index in [1.54, 1.807) is 30.2 Å². The Bertz CT molecular complexity index is 453. The van der Waals surface area contributed by atoms with Crippen molar-refractivity contribution >= 4 is 11.6 Å². The molecule has 0 bridgehead atoms. The summed E-state index contributed by atoms with van der Waals surface area (Å²) >= 11 is 0. The predicted molar refractivity (Wildman–Crippen MR) is 76.3 cm³/mol. The minimum Gasteiger partial charge on any atom is -0.495 e.